The van der Waals surface area contributed by atoms with Crippen LogP contribution in [0.4, 0.5) is 10.6 Å². The molecule has 0 atom stereocenters. The van der Waals surface area contributed by atoms with Crippen LogP contribution in [-0.4, -0.2) is 27.8 Å². The van der Waals surface area contributed by atoms with Gasteiger partial charge in [-0.05, 0) is 23.8 Å². The Kier molecular flexibility index (Phi) is 4.29. The molecular formula is C15H13ClN4O3. The number of amides is 1. The fraction of sp³-hybridized carbons (Fsp3) is 0.133. The summed E-state index contributed by atoms with van der Waals surface area (Å²) < 4.78 is 11.7. The lowest BCUT2D eigenvalue weighted by Gasteiger charge is -2.05. The number of methoxy groups -OCH3 is 1. The third kappa shape index (κ3) is 3.70. The van der Waals surface area contributed by atoms with Crippen molar-refractivity contribution in [3.05, 3.63) is 53.2 Å². The van der Waals surface area contributed by atoms with Gasteiger partial charge in [-0.25, -0.2) is 14.3 Å². The molecular weight excluding hydrogens is 320 g/mol. The molecule has 0 saturated carbocycles. The van der Waals surface area contributed by atoms with E-state index in [1.54, 1.807) is 24.4 Å². The van der Waals surface area contributed by atoms with Gasteiger partial charge in [-0.1, -0.05) is 23.7 Å². The van der Waals surface area contributed by atoms with E-state index < -0.39 is 6.09 Å². The molecule has 0 saturated heterocycles. The molecule has 1 aromatic carbocycles. The Hall–Kier alpha value is -2.80. The molecule has 2 aromatic heterocycles. The summed E-state index contributed by atoms with van der Waals surface area (Å²) in [6.07, 6.45) is 0.976. The monoisotopic (exact) mass is 332 g/mol. The summed E-state index contributed by atoms with van der Waals surface area (Å²) in [5.74, 6) is 0.774. The van der Waals surface area contributed by atoms with Crippen molar-refractivity contribution in [1.82, 2.24) is 14.6 Å². The van der Waals surface area contributed by atoms with Crippen molar-refractivity contribution >= 4 is 29.2 Å². The number of hydrogen-bond acceptors (Lipinski definition) is 5. The van der Waals surface area contributed by atoms with Crippen LogP contribution in [0.25, 0.3) is 5.65 Å². The topological polar surface area (TPSA) is 77.8 Å². The zero-order valence-electron chi connectivity index (χ0n) is 12.2. The lowest BCUT2D eigenvalue weighted by Crippen LogP contribution is -2.10. The van der Waals surface area contributed by atoms with E-state index in [1.165, 1.54) is 11.6 Å². The van der Waals surface area contributed by atoms with Gasteiger partial charge in [0.15, 0.2) is 11.5 Å². The van der Waals surface area contributed by atoms with Gasteiger partial charge < -0.3 is 9.47 Å². The molecule has 1 N–H and O–H groups in total. The fourth-order valence-electron chi connectivity index (χ4n) is 1.94. The van der Waals surface area contributed by atoms with Crippen LogP contribution in [-0.2, 0) is 11.3 Å². The van der Waals surface area contributed by atoms with E-state index in [9.17, 15) is 4.79 Å². The molecule has 0 radical (unpaired) electrons. The number of nitrogens with zero attached hydrogens (tertiary/aromatic N) is 3. The number of anilines is 1. The van der Waals surface area contributed by atoms with Crippen molar-refractivity contribution in [3.63, 3.8) is 0 Å². The molecule has 1 amide bonds. The second-order valence-corrected chi connectivity index (χ2v) is 5.07. The molecule has 23 heavy (non-hydrogen) atoms. The maximum atomic E-state index is 11.2. The van der Waals surface area contributed by atoms with E-state index >= 15 is 0 Å². The third-order valence-corrected chi connectivity index (χ3v) is 3.22. The van der Waals surface area contributed by atoms with E-state index in [-0.39, 0.29) is 0 Å². The summed E-state index contributed by atoms with van der Waals surface area (Å²) >= 11 is 5.93. The van der Waals surface area contributed by atoms with Gasteiger partial charge in [0.1, 0.15) is 6.61 Å². The van der Waals surface area contributed by atoms with Crippen LogP contribution in [0.3, 0.4) is 0 Å². The van der Waals surface area contributed by atoms with Gasteiger partial charge in [-0.2, -0.15) is 0 Å². The summed E-state index contributed by atoms with van der Waals surface area (Å²) in [6, 6.07) is 10.8. The predicted molar refractivity (Wildman–Crippen MR) is 84.8 cm³/mol. The molecule has 118 valence electrons. The molecule has 0 fully saturated rings. The van der Waals surface area contributed by atoms with Crippen molar-refractivity contribution in [2.45, 2.75) is 6.61 Å². The highest BCUT2D eigenvalue weighted by atomic mass is 35.5. The third-order valence-electron chi connectivity index (χ3n) is 2.99. The van der Waals surface area contributed by atoms with E-state index in [0.29, 0.717) is 29.0 Å². The highest BCUT2D eigenvalue weighted by Crippen LogP contribution is 2.15. The number of carbonyl (C=O) groups excluding carboxylic acids is 1. The molecule has 0 unspecified atom stereocenters. The molecule has 0 aliphatic rings. The number of benzene rings is 1. The lowest BCUT2D eigenvalue weighted by molar-refractivity contribution is 0.187. The Morgan fingerprint density at radius 1 is 1.35 bits per heavy atom. The molecule has 3 aromatic rings. The number of nitrogens with one attached hydrogen (secondary N) is 1. The van der Waals surface area contributed by atoms with Crippen molar-refractivity contribution < 1.29 is 14.3 Å². The largest absolute Gasteiger partial charge is 0.472 e. The maximum absolute atomic E-state index is 11.2. The van der Waals surface area contributed by atoms with Gasteiger partial charge in [-0.15, -0.1) is 5.10 Å². The van der Waals surface area contributed by atoms with Gasteiger partial charge in [0.05, 0.1) is 13.3 Å². The maximum Gasteiger partial charge on any atom is 0.412 e. The summed E-state index contributed by atoms with van der Waals surface area (Å²) in [6.45, 7) is 0.348. The predicted octanol–water partition coefficient (Wildman–Crippen LogP) is 3.14. The number of hydrogen-bond donors (Lipinski definition) is 1. The molecule has 0 aliphatic carbocycles. The molecule has 0 spiro atoms. The minimum Gasteiger partial charge on any atom is -0.472 e. The Morgan fingerprint density at radius 2 is 2.22 bits per heavy atom. The van der Waals surface area contributed by atoms with E-state index in [1.807, 2.05) is 18.2 Å². The lowest BCUT2D eigenvalue weighted by atomic mass is 10.2. The molecule has 3 rings (SSSR count). The highest BCUT2D eigenvalue weighted by molar-refractivity contribution is 6.30. The van der Waals surface area contributed by atoms with Crippen LogP contribution >= 0.6 is 11.6 Å². The van der Waals surface area contributed by atoms with Gasteiger partial charge in [-0.3, -0.25) is 5.32 Å². The van der Waals surface area contributed by atoms with Gasteiger partial charge >= 0.3 is 6.09 Å². The zero-order chi connectivity index (χ0) is 16.2. The average molecular weight is 333 g/mol. The van der Waals surface area contributed by atoms with Crippen molar-refractivity contribution in [1.29, 1.82) is 0 Å². The van der Waals surface area contributed by atoms with E-state index in [0.717, 1.165) is 5.56 Å². The molecule has 7 nitrogen and oxygen atoms in total. The molecule has 0 bridgehead atoms. The Bertz CT molecular complexity index is 850. The quantitative estimate of drug-likeness (QED) is 0.794. The first kappa shape index (κ1) is 15.1. The highest BCUT2D eigenvalue weighted by Gasteiger charge is 2.07. The number of imidazole rings is 1. The van der Waals surface area contributed by atoms with Crippen LogP contribution in [0.1, 0.15) is 5.56 Å². The van der Waals surface area contributed by atoms with E-state index in [2.05, 4.69) is 20.1 Å². The standard InChI is InChI=1S/C15H13ClN4O3/c1-22-15(21)18-12-8-20-13(17-12)5-6-14(19-20)23-9-10-3-2-4-11(16)7-10/h2-8H,9H2,1H3,(H,18,21). The molecule has 8 heteroatoms. The van der Waals surface area contributed by atoms with Gasteiger partial charge in [0.25, 0.3) is 0 Å². The SMILES string of the molecule is COC(=O)Nc1cn2nc(OCc3cccc(Cl)c3)ccc2n1. The van der Waals surface area contributed by atoms with E-state index in [4.69, 9.17) is 16.3 Å². The number of aromatic nitrogens is 3. The number of halogens is 1. The van der Waals surface area contributed by atoms with Crippen LogP contribution in [0.15, 0.2) is 42.6 Å². The fourth-order valence-corrected chi connectivity index (χ4v) is 2.15. The first-order chi connectivity index (χ1) is 11.1. The smallest absolute Gasteiger partial charge is 0.412 e. The first-order valence-electron chi connectivity index (χ1n) is 6.73. The average Bonchev–Trinajstić information content (AvgIpc) is 2.94. The summed E-state index contributed by atoms with van der Waals surface area (Å²) in [4.78, 5) is 15.4. The van der Waals surface area contributed by atoms with Crippen LogP contribution in [0.5, 0.6) is 5.88 Å². The summed E-state index contributed by atoms with van der Waals surface area (Å²) in [5, 5.41) is 7.40. The number of rotatable bonds is 4. The number of carbonyl (C=O) groups is 1. The normalized spacial score (nSPS) is 10.5. The number of fused-ring (bicyclic) bond motifs is 1. The summed E-state index contributed by atoms with van der Waals surface area (Å²) in [5.41, 5.74) is 1.52. The van der Waals surface area contributed by atoms with Crippen molar-refractivity contribution in [2.24, 2.45) is 0 Å². The van der Waals surface area contributed by atoms with Crippen molar-refractivity contribution in [3.8, 4) is 5.88 Å². The summed E-state index contributed by atoms with van der Waals surface area (Å²) in [7, 11) is 1.28. The molecule has 2 heterocycles. The van der Waals surface area contributed by atoms with Crippen LogP contribution in [0.2, 0.25) is 5.02 Å². The minimum absolute atomic E-state index is 0.344. The Balaban J connectivity index is 1.73. The Morgan fingerprint density at radius 3 is 3.00 bits per heavy atom. The van der Waals surface area contributed by atoms with Gasteiger partial charge in [0.2, 0.25) is 5.88 Å². The Labute approximate surface area is 136 Å². The van der Waals surface area contributed by atoms with Crippen molar-refractivity contribution in [2.75, 3.05) is 12.4 Å². The molecule has 0 aliphatic heterocycles. The second-order valence-electron chi connectivity index (χ2n) is 4.64. The minimum atomic E-state index is -0.592. The first-order valence-corrected chi connectivity index (χ1v) is 7.10. The zero-order valence-corrected chi connectivity index (χ0v) is 12.9. The second kappa shape index (κ2) is 6.53. The van der Waals surface area contributed by atoms with Crippen LogP contribution < -0.4 is 10.1 Å². The van der Waals surface area contributed by atoms with Crippen LogP contribution in [0, 0.1) is 0 Å². The number of ether oxygens (including phenoxy) is 2. The van der Waals surface area contributed by atoms with Gasteiger partial charge in [0, 0.05) is 11.1 Å².